The number of hydrogen-bond acceptors (Lipinski definition) is 6. The van der Waals surface area contributed by atoms with Gasteiger partial charge in [-0.25, -0.2) is 13.6 Å². The summed E-state index contributed by atoms with van der Waals surface area (Å²) in [5, 5.41) is 5.42. The second-order valence-corrected chi connectivity index (χ2v) is 7.99. The molecule has 0 bridgehead atoms. The van der Waals surface area contributed by atoms with Crippen molar-refractivity contribution in [2.75, 3.05) is 31.5 Å². The SMILES string of the molecule is NC(=O)c1c(OCc2ccc(F)cc2F)nsc1NC(=O)NCCCCN1CCCC1. The fraction of sp³-hybridized carbons (Fsp3) is 0.450. The summed E-state index contributed by atoms with van der Waals surface area (Å²) in [6.07, 6.45) is 4.34. The molecular formula is C20H25F2N5O3S. The number of primary amides is 1. The summed E-state index contributed by atoms with van der Waals surface area (Å²) < 4.78 is 36.1. The highest BCUT2D eigenvalue weighted by Gasteiger charge is 2.22. The Hall–Kier alpha value is -2.79. The lowest BCUT2D eigenvalue weighted by molar-refractivity contribution is 0.0996. The maximum Gasteiger partial charge on any atom is 0.319 e. The van der Waals surface area contributed by atoms with Crippen LogP contribution in [0.1, 0.15) is 41.6 Å². The standard InChI is InChI=1S/C20H25F2N5O3S/c21-14-6-5-13(15(22)11-14)12-30-18-16(17(23)28)19(31-26-18)25-20(29)24-7-1-2-8-27-9-3-4-10-27/h5-6,11H,1-4,7-10,12H2,(H2,23,28)(H2,24,25,29). The summed E-state index contributed by atoms with van der Waals surface area (Å²) in [5.41, 5.74) is 5.39. The molecule has 168 valence electrons. The zero-order chi connectivity index (χ0) is 22.2. The van der Waals surface area contributed by atoms with Gasteiger partial charge in [0.1, 0.15) is 28.8 Å². The fourth-order valence-electron chi connectivity index (χ4n) is 3.28. The summed E-state index contributed by atoms with van der Waals surface area (Å²) in [5.74, 6) is -2.45. The molecule has 2 aromatic rings. The number of unbranched alkanes of at least 4 members (excludes halogenated alkanes) is 1. The first kappa shape index (κ1) is 22.9. The molecule has 1 aromatic carbocycles. The topological polar surface area (TPSA) is 110 Å². The van der Waals surface area contributed by atoms with Crippen molar-refractivity contribution in [3.8, 4) is 5.88 Å². The molecule has 31 heavy (non-hydrogen) atoms. The summed E-state index contributed by atoms with van der Waals surface area (Å²) in [6, 6.07) is 2.58. The van der Waals surface area contributed by atoms with Crippen LogP contribution < -0.4 is 21.1 Å². The molecule has 1 aliphatic rings. The second-order valence-electron chi connectivity index (χ2n) is 7.22. The Balaban J connectivity index is 1.49. The highest BCUT2D eigenvalue weighted by atomic mass is 32.1. The van der Waals surface area contributed by atoms with Gasteiger partial charge in [-0.3, -0.25) is 10.1 Å². The van der Waals surface area contributed by atoms with Crippen molar-refractivity contribution in [2.24, 2.45) is 5.73 Å². The third kappa shape index (κ3) is 6.59. The molecule has 8 nitrogen and oxygen atoms in total. The van der Waals surface area contributed by atoms with E-state index in [0.29, 0.717) is 6.54 Å². The number of nitrogens with zero attached hydrogens (tertiary/aromatic N) is 2. The van der Waals surface area contributed by atoms with Gasteiger partial charge in [0.15, 0.2) is 0 Å². The van der Waals surface area contributed by atoms with Gasteiger partial charge in [-0.1, -0.05) is 0 Å². The number of aromatic nitrogens is 1. The molecule has 0 atom stereocenters. The molecule has 0 spiro atoms. The van der Waals surface area contributed by atoms with Crippen molar-refractivity contribution in [1.29, 1.82) is 0 Å². The highest BCUT2D eigenvalue weighted by molar-refractivity contribution is 7.11. The Kier molecular flexibility index (Phi) is 8.13. The van der Waals surface area contributed by atoms with E-state index < -0.39 is 23.6 Å². The number of amides is 3. The first-order chi connectivity index (χ1) is 14.9. The molecule has 1 fully saturated rings. The van der Waals surface area contributed by atoms with Gasteiger partial charge in [0.2, 0.25) is 5.88 Å². The number of halogens is 2. The van der Waals surface area contributed by atoms with Gasteiger partial charge in [0.25, 0.3) is 5.91 Å². The largest absolute Gasteiger partial charge is 0.471 e. The van der Waals surface area contributed by atoms with Gasteiger partial charge in [-0.2, -0.15) is 4.37 Å². The van der Waals surface area contributed by atoms with Crippen LogP contribution in [0.5, 0.6) is 5.88 Å². The number of carbonyl (C=O) groups is 2. The molecule has 0 radical (unpaired) electrons. The number of carbonyl (C=O) groups excluding carboxylic acids is 2. The minimum absolute atomic E-state index is 0.0889. The number of anilines is 1. The van der Waals surface area contributed by atoms with Crippen LogP contribution in [0.2, 0.25) is 0 Å². The van der Waals surface area contributed by atoms with Gasteiger partial charge in [-0.15, -0.1) is 0 Å². The first-order valence-electron chi connectivity index (χ1n) is 10.1. The smallest absolute Gasteiger partial charge is 0.319 e. The quantitative estimate of drug-likeness (QED) is 0.479. The number of nitrogens with one attached hydrogen (secondary N) is 2. The number of rotatable bonds is 10. The van der Waals surface area contributed by atoms with Crippen LogP contribution in [-0.4, -0.2) is 47.4 Å². The molecule has 3 rings (SSSR count). The predicted octanol–water partition coefficient (Wildman–Crippen LogP) is 3.10. The predicted molar refractivity (Wildman–Crippen MR) is 113 cm³/mol. The molecule has 0 unspecified atom stereocenters. The maximum atomic E-state index is 13.8. The van der Waals surface area contributed by atoms with Crippen LogP contribution in [0.4, 0.5) is 18.6 Å². The van der Waals surface area contributed by atoms with Gasteiger partial charge in [-0.05, 0) is 69.0 Å². The Morgan fingerprint density at radius 2 is 2.00 bits per heavy atom. The van der Waals surface area contributed by atoms with Crippen LogP contribution in [0, 0.1) is 11.6 Å². The van der Waals surface area contributed by atoms with Crippen LogP contribution in [-0.2, 0) is 6.61 Å². The highest BCUT2D eigenvalue weighted by Crippen LogP contribution is 2.30. The average Bonchev–Trinajstić information content (AvgIpc) is 3.37. The molecule has 2 heterocycles. The normalized spacial score (nSPS) is 13.9. The maximum absolute atomic E-state index is 13.8. The number of hydrogen-bond donors (Lipinski definition) is 3. The Morgan fingerprint density at radius 1 is 1.23 bits per heavy atom. The average molecular weight is 454 g/mol. The molecule has 0 saturated carbocycles. The molecule has 11 heteroatoms. The molecular weight excluding hydrogens is 428 g/mol. The number of ether oxygens (including phenoxy) is 1. The van der Waals surface area contributed by atoms with Crippen molar-refractivity contribution in [3.63, 3.8) is 0 Å². The van der Waals surface area contributed by atoms with E-state index in [1.165, 1.54) is 18.9 Å². The Morgan fingerprint density at radius 3 is 2.71 bits per heavy atom. The Labute approximate surface area is 182 Å². The fourth-order valence-corrected chi connectivity index (χ4v) is 4.01. The number of benzene rings is 1. The summed E-state index contributed by atoms with van der Waals surface area (Å²) >= 11 is 0.827. The molecule has 0 aliphatic carbocycles. The van der Waals surface area contributed by atoms with Crippen LogP contribution in [0.25, 0.3) is 0 Å². The monoisotopic (exact) mass is 453 g/mol. The van der Waals surface area contributed by atoms with Gasteiger partial charge in [0, 0.05) is 18.2 Å². The molecule has 1 aromatic heterocycles. The van der Waals surface area contributed by atoms with Crippen molar-refractivity contribution in [3.05, 3.63) is 41.0 Å². The lowest BCUT2D eigenvalue weighted by atomic mass is 10.2. The van der Waals surface area contributed by atoms with E-state index in [1.807, 2.05) is 0 Å². The van der Waals surface area contributed by atoms with Crippen molar-refractivity contribution < 1.29 is 23.1 Å². The summed E-state index contributed by atoms with van der Waals surface area (Å²) in [7, 11) is 0. The third-order valence-corrected chi connectivity index (χ3v) is 5.64. The number of urea groups is 1. The van der Waals surface area contributed by atoms with E-state index in [4.69, 9.17) is 10.5 Å². The second kappa shape index (κ2) is 11.0. The van der Waals surface area contributed by atoms with Crippen molar-refractivity contribution in [1.82, 2.24) is 14.6 Å². The van der Waals surface area contributed by atoms with E-state index in [2.05, 4.69) is 19.9 Å². The van der Waals surface area contributed by atoms with Crippen LogP contribution >= 0.6 is 11.5 Å². The van der Waals surface area contributed by atoms with E-state index in [1.54, 1.807) is 0 Å². The zero-order valence-corrected chi connectivity index (χ0v) is 17.8. The van der Waals surface area contributed by atoms with Crippen molar-refractivity contribution >= 4 is 28.5 Å². The lowest BCUT2D eigenvalue weighted by Crippen LogP contribution is -2.30. The van der Waals surface area contributed by atoms with Gasteiger partial charge in [0.05, 0.1) is 0 Å². The lowest BCUT2D eigenvalue weighted by Gasteiger charge is -2.14. The summed E-state index contributed by atoms with van der Waals surface area (Å²) in [4.78, 5) is 26.4. The Bertz CT molecular complexity index is 918. The first-order valence-corrected chi connectivity index (χ1v) is 10.8. The molecule has 4 N–H and O–H groups in total. The van der Waals surface area contributed by atoms with Crippen molar-refractivity contribution in [2.45, 2.75) is 32.3 Å². The van der Waals surface area contributed by atoms with E-state index in [0.717, 1.165) is 56.1 Å². The third-order valence-electron chi connectivity index (χ3n) is 4.90. The van der Waals surface area contributed by atoms with E-state index >= 15 is 0 Å². The minimum atomic E-state index is -0.843. The molecule has 1 aliphatic heterocycles. The van der Waals surface area contributed by atoms with Crippen LogP contribution in [0.15, 0.2) is 18.2 Å². The zero-order valence-electron chi connectivity index (χ0n) is 17.0. The van der Waals surface area contributed by atoms with Crippen LogP contribution in [0.3, 0.4) is 0 Å². The van der Waals surface area contributed by atoms with E-state index in [-0.39, 0.29) is 28.6 Å². The van der Waals surface area contributed by atoms with E-state index in [9.17, 15) is 18.4 Å². The molecule has 3 amide bonds. The minimum Gasteiger partial charge on any atom is -0.471 e. The van der Waals surface area contributed by atoms with Gasteiger partial charge < -0.3 is 20.7 Å². The number of likely N-dealkylation sites (tertiary alicyclic amines) is 1. The summed E-state index contributed by atoms with van der Waals surface area (Å²) in [6.45, 7) is 3.54. The van der Waals surface area contributed by atoms with Gasteiger partial charge >= 0.3 is 6.03 Å². The molecule has 1 saturated heterocycles. The number of nitrogens with two attached hydrogens (primary N) is 1.